The van der Waals surface area contributed by atoms with Gasteiger partial charge in [0.05, 0.1) is 18.4 Å². The van der Waals surface area contributed by atoms with Gasteiger partial charge in [0.25, 0.3) is 0 Å². The Morgan fingerprint density at radius 3 is 2.57 bits per heavy atom. The largest absolute Gasteiger partial charge is 0.494 e. The van der Waals surface area contributed by atoms with E-state index in [1.165, 1.54) is 49.6 Å². The first-order valence-electron chi connectivity index (χ1n) is 6.67. The summed E-state index contributed by atoms with van der Waals surface area (Å²) in [5, 5.41) is 9.53. The van der Waals surface area contributed by atoms with Crippen LogP contribution in [-0.2, 0) is 0 Å². The average molecular weight is 315 g/mol. The molecule has 0 saturated heterocycles. The number of nitrogens with zero attached hydrogens (tertiary/aromatic N) is 1. The standard InChI is InChI=1S/C17H11F2NO3/c1-23-15-6-5-9(7-13(15)19)14-8-11(17(21)22)10-3-2-4-12(18)16(10)20-14/h2-8H,1H3,(H,21,22). The van der Waals surface area contributed by atoms with Gasteiger partial charge in [0, 0.05) is 10.9 Å². The third kappa shape index (κ3) is 2.59. The Kier molecular flexibility index (Phi) is 3.65. The third-order valence-corrected chi connectivity index (χ3v) is 3.47. The maximum atomic E-state index is 14.0. The van der Waals surface area contributed by atoms with Crippen LogP contribution in [0.3, 0.4) is 0 Å². The van der Waals surface area contributed by atoms with Crippen LogP contribution < -0.4 is 4.74 Å². The zero-order valence-corrected chi connectivity index (χ0v) is 12.0. The highest BCUT2D eigenvalue weighted by molar-refractivity contribution is 6.03. The Labute approximate surface area is 130 Å². The van der Waals surface area contributed by atoms with Crippen molar-refractivity contribution in [2.24, 2.45) is 0 Å². The van der Waals surface area contributed by atoms with Crippen LogP contribution in [-0.4, -0.2) is 23.2 Å². The molecule has 0 spiro atoms. The lowest BCUT2D eigenvalue weighted by molar-refractivity contribution is 0.0699. The van der Waals surface area contributed by atoms with Crippen molar-refractivity contribution < 1.29 is 23.4 Å². The first-order valence-corrected chi connectivity index (χ1v) is 6.67. The van der Waals surface area contributed by atoms with E-state index in [-0.39, 0.29) is 27.9 Å². The van der Waals surface area contributed by atoms with E-state index in [2.05, 4.69) is 4.98 Å². The number of carbonyl (C=O) groups is 1. The predicted molar refractivity (Wildman–Crippen MR) is 80.6 cm³/mol. The SMILES string of the molecule is COc1ccc(-c2cc(C(=O)O)c3cccc(F)c3n2)cc1F. The van der Waals surface area contributed by atoms with Crippen molar-refractivity contribution in [1.82, 2.24) is 4.98 Å². The minimum absolute atomic E-state index is 0.0548. The second-order valence-corrected chi connectivity index (χ2v) is 4.85. The smallest absolute Gasteiger partial charge is 0.336 e. The van der Waals surface area contributed by atoms with Gasteiger partial charge >= 0.3 is 5.97 Å². The molecule has 3 rings (SSSR count). The monoisotopic (exact) mass is 315 g/mol. The van der Waals surface area contributed by atoms with Gasteiger partial charge in [-0.1, -0.05) is 12.1 Å². The fourth-order valence-corrected chi connectivity index (χ4v) is 2.36. The molecule has 1 N–H and O–H groups in total. The molecule has 6 heteroatoms. The van der Waals surface area contributed by atoms with Gasteiger partial charge in [-0.25, -0.2) is 18.6 Å². The lowest BCUT2D eigenvalue weighted by atomic mass is 10.0. The topological polar surface area (TPSA) is 59.4 Å². The number of benzene rings is 2. The number of rotatable bonds is 3. The molecule has 0 bridgehead atoms. The van der Waals surface area contributed by atoms with Crippen LogP contribution in [0.1, 0.15) is 10.4 Å². The van der Waals surface area contributed by atoms with Crippen LogP contribution in [0.15, 0.2) is 42.5 Å². The van der Waals surface area contributed by atoms with E-state index >= 15 is 0 Å². The number of carboxylic acids is 1. The van der Waals surface area contributed by atoms with Crippen molar-refractivity contribution in [3.63, 3.8) is 0 Å². The minimum Gasteiger partial charge on any atom is -0.494 e. The van der Waals surface area contributed by atoms with Gasteiger partial charge in [0.1, 0.15) is 11.3 Å². The maximum absolute atomic E-state index is 14.0. The quantitative estimate of drug-likeness (QED) is 0.796. The van der Waals surface area contributed by atoms with Crippen molar-refractivity contribution in [3.05, 3.63) is 59.7 Å². The van der Waals surface area contributed by atoms with Crippen LogP contribution in [0.25, 0.3) is 22.2 Å². The molecule has 4 nitrogen and oxygen atoms in total. The van der Waals surface area contributed by atoms with Gasteiger partial charge in [0.15, 0.2) is 11.6 Å². The maximum Gasteiger partial charge on any atom is 0.336 e. The zero-order valence-electron chi connectivity index (χ0n) is 12.0. The van der Waals surface area contributed by atoms with E-state index in [0.717, 1.165) is 0 Å². The number of halogens is 2. The Bertz CT molecular complexity index is 925. The molecule has 1 heterocycles. The summed E-state index contributed by atoms with van der Waals surface area (Å²) in [5.41, 5.74) is 0.330. The number of pyridine rings is 1. The molecular formula is C17H11F2NO3. The van der Waals surface area contributed by atoms with Crippen molar-refractivity contribution in [2.75, 3.05) is 7.11 Å². The highest BCUT2D eigenvalue weighted by atomic mass is 19.1. The summed E-state index contributed by atoms with van der Waals surface area (Å²) in [6.45, 7) is 0. The van der Waals surface area contributed by atoms with Crippen molar-refractivity contribution in [2.45, 2.75) is 0 Å². The van der Waals surface area contributed by atoms with Crippen LogP contribution >= 0.6 is 0 Å². The van der Waals surface area contributed by atoms with E-state index in [1.54, 1.807) is 0 Å². The Morgan fingerprint density at radius 1 is 1.13 bits per heavy atom. The van der Waals surface area contributed by atoms with Crippen LogP contribution in [0.4, 0.5) is 8.78 Å². The first-order chi connectivity index (χ1) is 11.0. The fraction of sp³-hybridized carbons (Fsp3) is 0.0588. The summed E-state index contributed by atoms with van der Waals surface area (Å²) in [5.74, 6) is -2.41. The van der Waals surface area contributed by atoms with Crippen LogP contribution in [0.2, 0.25) is 0 Å². The first kappa shape index (κ1) is 14.9. The summed E-state index contributed by atoms with van der Waals surface area (Å²) >= 11 is 0. The number of aromatic carboxylic acids is 1. The number of methoxy groups -OCH3 is 1. The molecule has 0 fully saturated rings. The molecule has 116 valence electrons. The Hall–Kier alpha value is -3.02. The van der Waals surface area contributed by atoms with Crippen molar-refractivity contribution in [1.29, 1.82) is 0 Å². The van der Waals surface area contributed by atoms with E-state index < -0.39 is 17.6 Å². The van der Waals surface area contributed by atoms with Gasteiger partial charge in [-0.15, -0.1) is 0 Å². The Morgan fingerprint density at radius 2 is 1.91 bits per heavy atom. The Balaban J connectivity index is 2.28. The summed E-state index contributed by atoms with van der Waals surface area (Å²) in [6.07, 6.45) is 0. The van der Waals surface area contributed by atoms with E-state index in [1.807, 2.05) is 0 Å². The van der Waals surface area contributed by atoms with Crippen LogP contribution in [0.5, 0.6) is 5.75 Å². The molecule has 2 aromatic carbocycles. The van der Waals surface area contributed by atoms with Gasteiger partial charge in [-0.05, 0) is 30.3 Å². The van der Waals surface area contributed by atoms with E-state index in [9.17, 15) is 18.7 Å². The predicted octanol–water partition coefficient (Wildman–Crippen LogP) is 3.89. The molecule has 0 aliphatic heterocycles. The molecule has 3 aromatic rings. The highest BCUT2D eigenvalue weighted by Crippen LogP contribution is 2.29. The number of para-hydroxylation sites is 1. The molecule has 0 atom stereocenters. The third-order valence-electron chi connectivity index (χ3n) is 3.47. The number of hydrogen-bond acceptors (Lipinski definition) is 3. The lowest BCUT2D eigenvalue weighted by Gasteiger charge is -2.09. The minimum atomic E-state index is -1.21. The molecular weight excluding hydrogens is 304 g/mol. The fourth-order valence-electron chi connectivity index (χ4n) is 2.36. The molecule has 0 saturated carbocycles. The number of aromatic nitrogens is 1. The normalized spacial score (nSPS) is 10.7. The van der Waals surface area contributed by atoms with Gasteiger partial charge in [0.2, 0.25) is 0 Å². The number of ether oxygens (including phenoxy) is 1. The molecule has 1 aromatic heterocycles. The number of hydrogen-bond donors (Lipinski definition) is 1. The lowest BCUT2D eigenvalue weighted by Crippen LogP contribution is -2.01. The molecule has 0 radical (unpaired) electrons. The second kappa shape index (κ2) is 5.64. The summed E-state index contributed by atoms with van der Waals surface area (Å²) in [7, 11) is 1.34. The number of fused-ring (bicyclic) bond motifs is 1. The van der Waals surface area contributed by atoms with Crippen molar-refractivity contribution in [3.8, 4) is 17.0 Å². The summed E-state index contributed by atoms with van der Waals surface area (Å²) in [4.78, 5) is 15.6. The second-order valence-electron chi connectivity index (χ2n) is 4.85. The van der Waals surface area contributed by atoms with Crippen LogP contribution in [0, 0.1) is 11.6 Å². The molecule has 0 aliphatic carbocycles. The van der Waals surface area contributed by atoms with E-state index in [4.69, 9.17) is 4.74 Å². The highest BCUT2D eigenvalue weighted by Gasteiger charge is 2.16. The van der Waals surface area contributed by atoms with Gasteiger partial charge in [-0.3, -0.25) is 0 Å². The number of carboxylic acid groups (broad SMARTS) is 1. The molecule has 0 unspecified atom stereocenters. The van der Waals surface area contributed by atoms with Crippen molar-refractivity contribution >= 4 is 16.9 Å². The summed E-state index contributed by atoms with van der Waals surface area (Å²) < 4.78 is 32.7. The molecule has 0 amide bonds. The van der Waals surface area contributed by atoms with E-state index in [0.29, 0.717) is 5.56 Å². The molecule has 0 aliphatic rings. The molecule has 23 heavy (non-hydrogen) atoms. The zero-order chi connectivity index (χ0) is 16.6. The summed E-state index contributed by atoms with van der Waals surface area (Å²) in [6, 6.07) is 9.48. The van der Waals surface area contributed by atoms with Gasteiger partial charge < -0.3 is 9.84 Å². The average Bonchev–Trinajstić information content (AvgIpc) is 2.54. The van der Waals surface area contributed by atoms with Gasteiger partial charge in [-0.2, -0.15) is 0 Å².